The second-order valence-corrected chi connectivity index (χ2v) is 4.94. The lowest BCUT2D eigenvalue weighted by molar-refractivity contribution is 0.0947. The van der Waals surface area contributed by atoms with Crippen LogP contribution in [0.5, 0.6) is 0 Å². The highest BCUT2D eigenvalue weighted by atomic mass is 19.1. The largest absolute Gasteiger partial charge is 0.348 e. The third-order valence-electron chi connectivity index (χ3n) is 3.29. The maximum atomic E-state index is 13.5. The molecule has 1 aromatic heterocycles. The van der Waals surface area contributed by atoms with E-state index in [0.717, 1.165) is 23.4 Å². The van der Waals surface area contributed by atoms with E-state index in [0.29, 0.717) is 6.07 Å². The SMILES string of the molecule is O=C(NCc1cnn(-c2ccccc2)c1)c1ccc(F)cc1F. The van der Waals surface area contributed by atoms with Crippen molar-refractivity contribution in [3.05, 3.63) is 83.7 Å². The highest BCUT2D eigenvalue weighted by molar-refractivity contribution is 5.94. The van der Waals surface area contributed by atoms with Crippen molar-refractivity contribution in [2.75, 3.05) is 0 Å². The fourth-order valence-corrected chi connectivity index (χ4v) is 2.12. The van der Waals surface area contributed by atoms with Gasteiger partial charge in [-0.25, -0.2) is 13.5 Å². The predicted octanol–water partition coefficient (Wildman–Crippen LogP) is 3.08. The Hall–Kier alpha value is -3.02. The Kier molecular flexibility index (Phi) is 4.14. The van der Waals surface area contributed by atoms with Gasteiger partial charge >= 0.3 is 0 Å². The molecule has 1 heterocycles. The Morgan fingerprint density at radius 1 is 1.13 bits per heavy atom. The summed E-state index contributed by atoms with van der Waals surface area (Å²) in [6.07, 6.45) is 3.39. The molecule has 0 unspecified atom stereocenters. The first-order chi connectivity index (χ1) is 11.1. The Balaban J connectivity index is 1.67. The maximum Gasteiger partial charge on any atom is 0.254 e. The van der Waals surface area contributed by atoms with Gasteiger partial charge < -0.3 is 5.32 Å². The van der Waals surface area contributed by atoms with E-state index < -0.39 is 17.5 Å². The van der Waals surface area contributed by atoms with Gasteiger partial charge in [0.15, 0.2) is 0 Å². The molecular weight excluding hydrogens is 300 g/mol. The molecule has 0 radical (unpaired) electrons. The van der Waals surface area contributed by atoms with Crippen molar-refractivity contribution in [3.63, 3.8) is 0 Å². The number of para-hydroxylation sites is 1. The smallest absolute Gasteiger partial charge is 0.254 e. The predicted molar refractivity (Wildman–Crippen MR) is 81.1 cm³/mol. The van der Waals surface area contributed by atoms with Crippen LogP contribution in [0.2, 0.25) is 0 Å². The molecule has 4 nitrogen and oxygen atoms in total. The van der Waals surface area contributed by atoms with Crippen LogP contribution in [0.1, 0.15) is 15.9 Å². The number of hydrogen-bond acceptors (Lipinski definition) is 2. The van der Waals surface area contributed by atoms with E-state index in [9.17, 15) is 13.6 Å². The second-order valence-electron chi connectivity index (χ2n) is 4.94. The molecule has 3 rings (SSSR count). The molecule has 0 saturated heterocycles. The first kappa shape index (κ1) is 14.9. The van der Waals surface area contributed by atoms with E-state index in [4.69, 9.17) is 0 Å². The van der Waals surface area contributed by atoms with Gasteiger partial charge in [-0.2, -0.15) is 5.10 Å². The Bertz CT molecular complexity index is 831. The number of benzene rings is 2. The highest BCUT2D eigenvalue weighted by Gasteiger charge is 2.12. The van der Waals surface area contributed by atoms with Gasteiger partial charge in [-0.1, -0.05) is 18.2 Å². The molecule has 0 aliphatic carbocycles. The molecule has 0 saturated carbocycles. The lowest BCUT2D eigenvalue weighted by atomic mass is 10.2. The zero-order valence-electron chi connectivity index (χ0n) is 12.0. The molecule has 0 bridgehead atoms. The van der Waals surface area contributed by atoms with Crippen molar-refractivity contribution in [1.29, 1.82) is 0 Å². The summed E-state index contributed by atoms with van der Waals surface area (Å²) in [5.74, 6) is -2.21. The molecule has 1 amide bonds. The van der Waals surface area contributed by atoms with Crippen LogP contribution in [0.25, 0.3) is 5.69 Å². The number of nitrogens with zero attached hydrogens (tertiary/aromatic N) is 2. The number of aromatic nitrogens is 2. The molecule has 0 spiro atoms. The molecule has 2 aromatic carbocycles. The van der Waals surface area contributed by atoms with E-state index in [1.165, 1.54) is 0 Å². The summed E-state index contributed by atoms with van der Waals surface area (Å²) in [7, 11) is 0. The van der Waals surface area contributed by atoms with Gasteiger partial charge in [-0.3, -0.25) is 4.79 Å². The van der Waals surface area contributed by atoms with Gasteiger partial charge in [0, 0.05) is 24.4 Å². The van der Waals surface area contributed by atoms with Gasteiger partial charge in [0.2, 0.25) is 0 Å². The molecular formula is C17H13F2N3O. The van der Waals surface area contributed by atoms with E-state index in [1.807, 2.05) is 30.3 Å². The minimum atomic E-state index is -0.887. The quantitative estimate of drug-likeness (QED) is 0.804. The fourth-order valence-electron chi connectivity index (χ4n) is 2.12. The summed E-state index contributed by atoms with van der Waals surface area (Å²) >= 11 is 0. The average molecular weight is 313 g/mol. The third kappa shape index (κ3) is 3.42. The molecule has 3 aromatic rings. The van der Waals surface area contributed by atoms with Gasteiger partial charge in [-0.05, 0) is 24.3 Å². The first-order valence-corrected chi connectivity index (χ1v) is 6.96. The molecule has 0 aliphatic heterocycles. The van der Waals surface area contributed by atoms with Crippen LogP contribution >= 0.6 is 0 Å². The van der Waals surface area contributed by atoms with Crippen LogP contribution < -0.4 is 5.32 Å². The molecule has 6 heteroatoms. The summed E-state index contributed by atoms with van der Waals surface area (Å²) in [5, 5.41) is 6.79. The molecule has 23 heavy (non-hydrogen) atoms. The number of halogens is 2. The van der Waals surface area contributed by atoms with E-state index >= 15 is 0 Å². The number of nitrogens with one attached hydrogen (secondary N) is 1. The molecule has 0 fully saturated rings. The number of carbonyl (C=O) groups is 1. The van der Waals surface area contributed by atoms with Gasteiger partial charge in [0.1, 0.15) is 11.6 Å². The van der Waals surface area contributed by atoms with Crippen LogP contribution in [0.3, 0.4) is 0 Å². The summed E-state index contributed by atoms with van der Waals surface area (Å²) in [4.78, 5) is 11.9. The van der Waals surface area contributed by atoms with E-state index in [2.05, 4.69) is 10.4 Å². The van der Waals surface area contributed by atoms with Gasteiger partial charge in [0.05, 0.1) is 17.4 Å². The molecule has 0 atom stereocenters. The number of carbonyl (C=O) groups excluding carboxylic acids is 1. The zero-order valence-corrected chi connectivity index (χ0v) is 12.0. The van der Waals surface area contributed by atoms with E-state index in [1.54, 1.807) is 17.1 Å². The normalized spacial score (nSPS) is 10.5. The minimum absolute atomic E-state index is 0.193. The standard InChI is InChI=1S/C17H13F2N3O/c18-13-6-7-15(16(19)8-13)17(23)20-9-12-10-21-22(11-12)14-4-2-1-3-5-14/h1-8,10-11H,9H2,(H,20,23). The lowest BCUT2D eigenvalue weighted by Crippen LogP contribution is -2.23. The van der Waals surface area contributed by atoms with Crippen LogP contribution in [0.15, 0.2) is 60.9 Å². The molecule has 116 valence electrons. The summed E-state index contributed by atoms with van der Waals surface area (Å²) in [6.45, 7) is 0.197. The lowest BCUT2D eigenvalue weighted by Gasteiger charge is -2.05. The van der Waals surface area contributed by atoms with Gasteiger partial charge in [-0.15, -0.1) is 0 Å². The first-order valence-electron chi connectivity index (χ1n) is 6.96. The maximum absolute atomic E-state index is 13.5. The third-order valence-corrected chi connectivity index (χ3v) is 3.29. The van der Waals surface area contributed by atoms with Crippen LogP contribution in [-0.4, -0.2) is 15.7 Å². The fraction of sp³-hybridized carbons (Fsp3) is 0.0588. The van der Waals surface area contributed by atoms with Crippen LogP contribution in [-0.2, 0) is 6.54 Å². The van der Waals surface area contributed by atoms with Crippen molar-refractivity contribution in [1.82, 2.24) is 15.1 Å². The topological polar surface area (TPSA) is 46.9 Å². The Labute approximate surface area is 131 Å². The zero-order chi connectivity index (χ0) is 16.2. The van der Waals surface area contributed by atoms with Crippen molar-refractivity contribution < 1.29 is 13.6 Å². The van der Waals surface area contributed by atoms with Crippen LogP contribution in [0, 0.1) is 11.6 Å². The minimum Gasteiger partial charge on any atom is -0.348 e. The van der Waals surface area contributed by atoms with Crippen molar-refractivity contribution in [2.24, 2.45) is 0 Å². The number of amides is 1. The highest BCUT2D eigenvalue weighted by Crippen LogP contribution is 2.10. The monoisotopic (exact) mass is 313 g/mol. The number of rotatable bonds is 4. The average Bonchev–Trinajstić information content (AvgIpc) is 3.02. The molecule has 0 aliphatic rings. The number of hydrogen-bond donors (Lipinski definition) is 1. The van der Waals surface area contributed by atoms with Crippen molar-refractivity contribution in [2.45, 2.75) is 6.54 Å². The van der Waals surface area contributed by atoms with Crippen LogP contribution in [0.4, 0.5) is 8.78 Å². The molecule has 1 N–H and O–H groups in total. The van der Waals surface area contributed by atoms with Crippen molar-refractivity contribution in [3.8, 4) is 5.69 Å². The second kappa shape index (κ2) is 6.39. The summed E-state index contributed by atoms with van der Waals surface area (Å²) in [5.41, 5.74) is 1.47. The van der Waals surface area contributed by atoms with E-state index in [-0.39, 0.29) is 12.1 Å². The van der Waals surface area contributed by atoms with Crippen molar-refractivity contribution >= 4 is 5.91 Å². The Morgan fingerprint density at radius 3 is 2.65 bits per heavy atom. The Morgan fingerprint density at radius 2 is 1.91 bits per heavy atom. The summed E-state index contributed by atoms with van der Waals surface area (Å²) in [6, 6.07) is 12.4. The summed E-state index contributed by atoms with van der Waals surface area (Å²) < 4.78 is 28.1. The van der Waals surface area contributed by atoms with Gasteiger partial charge in [0.25, 0.3) is 5.91 Å².